The quantitative estimate of drug-likeness (QED) is 0.613. The summed E-state index contributed by atoms with van der Waals surface area (Å²) in [5.74, 6) is 1.66. The fourth-order valence-electron chi connectivity index (χ4n) is 2.27. The summed E-state index contributed by atoms with van der Waals surface area (Å²) >= 11 is 0. The predicted molar refractivity (Wildman–Crippen MR) is 97.1 cm³/mol. The monoisotopic (exact) mass is 343 g/mol. The largest absolute Gasteiger partial charge is 0.492 e. The van der Waals surface area contributed by atoms with Gasteiger partial charge in [0.1, 0.15) is 36.6 Å². The van der Waals surface area contributed by atoms with Crippen LogP contribution < -0.4 is 14.8 Å². The van der Waals surface area contributed by atoms with Crippen LogP contribution >= 0.6 is 0 Å². The van der Waals surface area contributed by atoms with E-state index in [0.29, 0.717) is 26.1 Å². The Kier molecular flexibility index (Phi) is 7.95. The van der Waals surface area contributed by atoms with Gasteiger partial charge in [0.15, 0.2) is 0 Å². The molecule has 134 valence electrons. The Morgan fingerprint density at radius 3 is 2.40 bits per heavy atom. The van der Waals surface area contributed by atoms with Crippen molar-refractivity contribution in [3.63, 3.8) is 0 Å². The molecule has 0 aliphatic carbocycles. The number of hydrogen-bond donors (Lipinski definition) is 2. The third-order valence-electron chi connectivity index (χ3n) is 3.49. The topological polar surface area (TPSA) is 67.8 Å². The number of para-hydroxylation sites is 1. The molecule has 2 rings (SSSR count). The number of ether oxygens (including phenoxy) is 2. The first-order valence-corrected chi connectivity index (χ1v) is 8.41. The van der Waals surface area contributed by atoms with Gasteiger partial charge in [-0.2, -0.15) is 0 Å². The number of Topliss-reactive ketones (excluding diaryl/α,β-unsaturated/α-hetero) is 1. The smallest absolute Gasteiger partial charge is 0.134 e. The highest BCUT2D eigenvalue weighted by Crippen LogP contribution is 2.12. The van der Waals surface area contributed by atoms with E-state index in [0.717, 1.165) is 17.1 Å². The second-order valence-corrected chi connectivity index (χ2v) is 5.85. The predicted octanol–water partition coefficient (Wildman–Crippen LogP) is 2.23. The minimum atomic E-state index is -0.578. The molecule has 0 fully saturated rings. The van der Waals surface area contributed by atoms with Gasteiger partial charge in [0.05, 0.1) is 0 Å². The molecule has 1 atom stereocenters. The molecule has 2 aromatic carbocycles. The van der Waals surface area contributed by atoms with E-state index in [-0.39, 0.29) is 12.4 Å². The summed E-state index contributed by atoms with van der Waals surface area (Å²) in [5.41, 5.74) is 0.986. The van der Waals surface area contributed by atoms with E-state index in [1.807, 2.05) is 54.6 Å². The minimum absolute atomic E-state index is 0.146. The highest BCUT2D eigenvalue weighted by atomic mass is 16.5. The number of nitrogens with one attached hydrogen (secondary N) is 1. The van der Waals surface area contributed by atoms with Gasteiger partial charge >= 0.3 is 0 Å². The molecule has 0 bridgehead atoms. The molecule has 5 heteroatoms. The summed E-state index contributed by atoms with van der Waals surface area (Å²) in [4.78, 5) is 11.1. The summed E-state index contributed by atoms with van der Waals surface area (Å²) in [7, 11) is 0. The zero-order valence-corrected chi connectivity index (χ0v) is 14.5. The van der Waals surface area contributed by atoms with Crippen molar-refractivity contribution in [2.45, 2.75) is 19.4 Å². The van der Waals surface area contributed by atoms with Gasteiger partial charge in [-0.3, -0.25) is 4.79 Å². The van der Waals surface area contributed by atoms with Crippen LogP contribution in [0.1, 0.15) is 12.5 Å². The first-order chi connectivity index (χ1) is 12.1. The van der Waals surface area contributed by atoms with Gasteiger partial charge in [0.2, 0.25) is 0 Å². The number of aliphatic hydroxyl groups excluding tert-OH is 1. The lowest BCUT2D eigenvalue weighted by Crippen LogP contribution is -2.33. The van der Waals surface area contributed by atoms with Crippen LogP contribution in [0.15, 0.2) is 54.6 Å². The van der Waals surface area contributed by atoms with E-state index in [1.54, 1.807) is 6.92 Å². The Morgan fingerprint density at radius 1 is 1.04 bits per heavy atom. The molecule has 5 nitrogen and oxygen atoms in total. The normalized spacial score (nSPS) is 11.8. The van der Waals surface area contributed by atoms with E-state index in [2.05, 4.69) is 5.32 Å². The van der Waals surface area contributed by atoms with Crippen LogP contribution in [0.2, 0.25) is 0 Å². The summed E-state index contributed by atoms with van der Waals surface area (Å²) in [6.07, 6.45) is -0.129. The van der Waals surface area contributed by atoms with Gasteiger partial charge in [-0.25, -0.2) is 0 Å². The standard InChI is InChI=1S/C20H25NO4/c1-16(22)13-17-7-9-20(10-8-17)24-12-11-21-14-18(23)15-25-19-5-3-2-4-6-19/h2-10,18,21,23H,11-15H2,1H3/t18-/m0/s1. The lowest BCUT2D eigenvalue weighted by atomic mass is 10.1. The van der Waals surface area contributed by atoms with Crippen molar-refractivity contribution in [2.24, 2.45) is 0 Å². The van der Waals surface area contributed by atoms with Crippen molar-refractivity contribution >= 4 is 5.78 Å². The Balaban J connectivity index is 1.56. The number of carbonyl (C=O) groups excluding carboxylic acids is 1. The molecular weight excluding hydrogens is 318 g/mol. The Labute approximate surface area is 148 Å². The molecule has 0 saturated heterocycles. The molecule has 0 aliphatic heterocycles. The van der Waals surface area contributed by atoms with E-state index in [1.165, 1.54) is 0 Å². The van der Waals surface area contributed by atoms with Gasteiger partial charge in [0.25, 0.3) is 0 Å². The summed E-state index contributed by atoms with van der Waals surface area (Å²) < 4.78 is 11.1. The van der Waals surface area contributed by atoms with Crippen LogP contribution in [0.25, 0.3) is 0 Å². The Bertz CT molecular complexity index is 628. The second kappa shape index (κ2) is 10.5. The number of ketones is 1. The number of hydrogen-bond acceptors (Lipinski definition) is 5. The van der Waals surface area contributed by atoms with Crippen LogP contribution in [0.5, 0.6) is 11.5 Å². The first kappa shape index (κ1) is 19.0. The van der Waals surface area contributed by atoms with Crippen LogP contribution in [0, 0.1) is 0 Å². The Morgan fingerprint density at radius 2 is 1.72 bits per heavy atom. The molecule has 0 unspecified atom stereocenters. The third kappa shape index (κ3) is 7.83. The van der Waals surface area contributed by atoms with E-state index in [4.69, 9.17) is 9.47 Å². The van der Waals surface area contributed by atoms with Gasteiger partial charge in [-0.15, -0.1) is 0 Å². The lowest BCUT2D eigenvalue weighted by molar-refractivity contribution is -0.116. The van der Waals surface area contributed by atoms with Crippen LogP contribution in [-0.4, -0.2) is 43.3 Å². The molecule has 0 saturated carbocycles. The number of aliphatic hydroxyl groups is 1. The van der Waals surface area contributed by atoms with Gasteiger partial charge in [0, 0.05) is 19.5 Å². The number of rotatable bonds is 11. The van der Waals surface area contributed by atoms with Crippen molar-refractivity contribution in [1.29, 1.82) is 0 Å². The van der Waals surface area contributed by atoms with Crippen molar-refractivity contribution in [2.75, 3.05) is 26.3 Å². The molecule has 2 aromatic rings. The highest BCUT2D eigenvalue weighted by Gasteiger charge is 2.05. The average Bonchev–Trinajstić information content (AvgIpc) is 2.61. The summed E-state index contributed by atoms with van der Waals surface area (Å²) in [6.45, 7) is 3.38. The van der Waals surface area contributed by atoms with Gasteiger partial charge in [-0.05, 0) is 36.8 Å². The lowest BCUT2D eigenvalue weighted by Gasteiger charge is -2.13. The van der Waals surface area contributed by atoms with E-state index >= 15 is 0 Å². The fraction of sp³-hybridized carbons (Fsp3) is 0.350. The maximum atomic E-state index is 11.1. The third-order valence-corrected chi connectivity index (χ3v) is 3.49. The molecule has 0 aliphatic rings. The number of carbonyl (C=O) groups is 1. The molecule has 2 N–H and O–H groups in total. The molecule has 25 heavy (non-hydrogen) atoms. The van der Waals surface area contributed by atoms with Crippen molar-refractivity contribution < 1.29 is 19.4 Å². The van der Waals surface area contributed by atoms with Gasteiger partial charge < -0.3 is 19.9 Å². The zero-order chi connectivity index (χ0) is 17.9. The van der Waals surface area contributed by atoms with Crippen molar-refractivity contribution in [3.05, 3.63) is 60.2 Å². The molecule has 0 amide bonds. The molecular formula is C20H25NO4. The maximum absolute atomic E-state index is 11.1. The minimum Gasteiger partial charge on any atom is -0.492 e. The first-order valence-electron chi connectivity index (χ1n) is 8.41. The zero-order valence-electron chi connectivity index (χ0n) is 14.5. The average molecular weight is 343 g/mol. The SMILES string of the molecule is CC(=O)Cc1ccc(OCCNC[C@H](O)COc2ccccc2)cc1. The van der Waals surface area contributed by atoms with Crippen molar-refractivity contribution in [3.8, 4) is 11.5 Å². The highest BCUT2D eigenvalue weighted by molar-refractivity contribution is 5.78. The van der Waals surface area contributed by atoms with Crippen LogP contribution in [-0.2, 0) is 11.2 Å². The summed E-state index contributed by atoms with van der Waals surface area (Å²) in [5, 5.41) is 13.0. The molecule has 0 radical (unpaired) electrons. The van der Waals surface area contributed by atoms with Crippen LogP contribution in [0.4, 0.5) is 0 Å². The van der Waals surface area contributed by atoms with Crippen LogP contribution in [0.3, 0.4) is 0 Å². The second-order valence-electron chi connectivity index (χ2n) is 5.85. The Hall–Kier alpha value is -2.37. The molecule has 0 aromatic heterocycles. The van der Waals surface area contributed by atoms with Gasteiger partial charge in [-0.1, -0.05) is 30.3 Å². The molecule has 0 spiro atoms. The van der Waals surface area contributed by atoms with Crippen molar-refractivity contribution in [1.82, 2.24) is 5.32 Å². The fourth-order valence-corrected chi connectivity index (χ4v) is 2.27. The summed E-state index contributed by atoms with van der Waals surface area (Å²) in [6, 6.07) is 16.9. The molecule has 0 heterocycles. The number of benzene rings is 2. The van der Waals surface area contributed by atoms with E-state index < -0.39 is 6.10 Å². The maximum Gasteiger partial charge on any atom is 0.134 e. The van der Waals surface area contributed by atoms with E-state index in [9.17, 15) is 9.90 Å².